The zero-order chi connectivity index (χ0) is 16.5. The number of nitrogens with zero attached hydrogens (tertiary/aromatic N) is 1. The first kappa shape index (κ1) is 16.3. The Bertz CT molecular complexity index is 644. The van der Waals surface area contributed by atoms with Crippen LogP contribution in [0.25, 0.3) is 0 Å². The SMILES string of the molecule is CCOC(=O)Nc1ccc(NC(=O)NCc2cccnc2)cc1. The molecule has 3 amide bonds. The highest BCUT2D eigenvalue weighted by Crippen LogP contribution is 2.13. The van der Waals surface area contributed by atoms with E-state index in [0.717, 1.165) is 5.56 Å². The Morgan fingerprint density at radius 3 is 2.39 bits per heavy atom. The van der Waals surface area contributed by atoms with Crippen LogP contribution >= 0.6 is 0 Å². The van der Waals surface area contributed by atoms with Crippen molar-refractivity contribution in [2.75, 3.05) is 17.2 Å². The number of anilines is 2. The van der Waals surface area contributed by atoms with Gasteiger partial charge in [-0.15, -0.1) is 0 Å². The number of hydrogen-bond acceptors (Lipinski definition) is 4. The quantitative estimate of drug-likeness (QED) is 0.791. The predicted molar refractivity (Wildman–Crippen MR) is 87.2 cm³/mol. The summed E-state index contributed by atoms with van der Waals surface area (Å²) in [4.78, 5) is 27.1. The fourth-order valence-corrected chi connectivity index (χ4v) is 1.78. The Labute approximate surface area is 134 Å². The largest absolute Gasteiger partial charge is 0.450 e. The van der Waals surface area contributed by atoms with E-state index in [4.69, 9.17) is 4.74 Å². The second kappa shape index (κ2) is 8.38. The van der Waals surface area contributed by atoms with Crippen LogP contribution in [0.3, 0.4) is 0 Å². The third-order valence-corrected chi connectivity index (χ3v) is 2.84. The van der Waals surface area contributed by atoms with Gasteiger partial charge in [-0.1, -0.05) is 6.07 Å². The van der Waals surface area contributed by atoms with Gasteiger partial charge < -0.3 is 15.4 Å². The van der Waals surface area contributed by atoms with Gasteiger partial charge in [0.25, 0.3) is 0 Å². The van der Waals surface area contributed by atoms with Crippen molar-refractivity contribution in [3.05, 3.63) is 54.4 Å². The van der Waals surface area contributed by atoms with Gasteiger partial charge in [-0.3, -0.25) is 10.3 Å². The molecule has 0 saturated heterocycles. The Morgan fingerprint density at radius 1 is 1.09 bits per heavy atom. The van der Waals surface area contributed by atoms with E-state index in [1.165, 1.54) is 0 Å². The second-order valence-electron chi connectivity index (χ2n) is 4.59. The first-order valence-corrected chi connectivity index (χ1v) is 7.15. The number of benzene rings is 1. The lowest BCUT2D eigenvalue weighted by molar-refractivity contribution is 0.168. The molecular weight excluding hydrogens is 296 g/mol. The standard InChI is InChI=1S/C16H18N4O3/c1-2-23-16(22)20-14-7-5-13(6-8-14)19-15(21)18-11-12-4-3-9-17-10-12/h3-10H,2,11H2,1H3,(H,20,22)(H2,18,19,21). The lowest BCUT2D eigenvalue weighted by Crippen LogP contribution is -2.28. The smallest absolute Gasteiger partial charge is 0.411 e. The van der Waals surface area contributed by atoms with Gasteiger partial charge in [0.15, 0.2) is 0 Å². The zero-order valence-corrected chi connectivity index (χ0v) is 12.7. The summed E-state index contributed by atoms with van der Waals surface area (Å²) in [7, 11) is 0. The number of hydrogen-bond donors (Lipinski definition) is 3. The molecule has 0 spiro atoms. The van der Waals surface area contributed by atoms with E-state index < -0.39 is 6.09 Å². The van der Waals surface area contributed by atoms with E-state index >= 15 is 0 Å². The number of aromatic nitrogens is 1. The van der Waals surface area contributed by atoms with Crippen LogP contribution in [0, 0.1) is 0 Å². The van der Waals surface area contributed by atoms with E-state index in [-0.39, 0.29) is 6.03 Å². The summed E-state index contributed by atoms with van der Waals surface area (Å²) in [5.74, 6) is 0. The number of rotatable bonds is 5. The fraction of sp³-hybridized carbons (Fsp3) is 0.188. The molecule has 7 heteroatoms. The molecule has 3 N–H and O–H groups in total. The summed E-state index contributed by atoms with van der Waals surface area (Å²) in [6.07, 6.45) is 2.86. The maximum absolute atomic E-state index is 11.8. The first-order chi connectivity index (χ1) is 11.2. The van der Waals surface area contributed by atoms with Gasteiger partial charge in [0.05, 0.1) is 6.61 Å². The van der Waals surface area contributed by atoms with Crippen LogP contribution in [0.5, 0.6) is 0 Å². The Kier molecular flexibility index (Phi) is 5.93. The molecule has 23 heavy (non-hydrogen) atoms. The molecule has 2 aromatic rings. The van der Waals surface area contributed by atoms with Crippen LogP contribution in [0.15, 0.2) is 48.8 Å². The van der Waals surface area contributed by atoms with Crippen LogP contribution in [0.4, 0.5) is 21.0 Å². The highest BCUT2D eigenvalue weighted by Gasteiger charge is 2.04. The first-order valence-electron chi connectivity index (χ1n) is 7.15. The van der Waals surface area contributed by atoms with Gasteiger partial charge >= 0.3 is 12.1 Å². The number of urea groups is 1. The third-order valence-electron chi connectivity index (χ3n) is 2.84. The molecule has 0 saturated carbocycles. The minimum absolute atomic E-state index is 0.308. The second-order valence-corrected chi connectivity index (χ2v) is 4.59. The summed E-state index contributed by atoms with van der Waals surface area (Å²) >= 11 is 0. The molecular formula is C16H18N4O3. The minimum atomic E-state index is -0.512. The van der Waals surface area contributed by atoms with Crippen LogP contribution in [-0.2, 0) is 11.3 Å². The van der Waals surface area contributed by atoms with Crippen molar-refractivity contribution in [3.8, 4) is 0 Å². The normalized spacial score (nSPS) is 9.78. The molecule has 1 aromatic heterocycles. The van der Waals surface area contributed by atoms with E-state index in [0.29, 0.717) is 24.5 Å². The van der Waals surface area contributed by atoms with Crippen LogP contribution in [0.2, 0.25) is 0 Å². The van der Waals surface area contributed by atoms with Gasteiger partial charge in [-0.05, 0) is 42.8 Å². The van der Waals surface area contributed by atoms with E-state index in [9.17, 15) is 9.59 Å². The fourth-order valence-electron chi connectivity index (χ4n) is 1.78. The zero-order valence-electron chi connectivity index (χ0n) is 12.7. The highest BCUT2D eigenvalue weighted by molar-refractivity contribution is 5.90. The number of carbonyl (C=O) groups is 2. The maximum Gasteiger partial charge on any atom is 0.411 e. The third kappa shape index (κ3) is 5.66. The molecule has 0 radical (unpaired) electrons. The molecule has 0 aliphatic carbocycles. The lowest BCUT2D eigenvalue weighted by Gasteiger charge is -2.09. The molecule has 0 aliphatic rings. The number of nitrogens with one attached hydrogen (secondary N) is 3. The van der Waals surface area contributed by atoms with Gasteiger partial charge in [0.2, 0.25) is 0 Å². The molecule has 0 unspecified atom stereocenters. The molecule has 1 heterocycles. The Hall–Kier alpha value is -3.09. The highest BCUT2D eigenvalue weighted by atomic mass is 16.5. The van der Waals surface area contributed by atoms with Crippen molar-refractivity contribution < 1.29 is 14.3 Å². The van der Waals surface area contributed by atoms with Gasteiger partial charge in [-0.2, -0.15) is 0 Å². The van der Waals surface area contributed by atoms with Crippen LogP contribution in [-0.4, -0.2) is 23.7 Å². The number of ether oxygens (including phenoxy) is 1. The molecule has 2 rings (SSSR count). The minimum Gasteiger partial charge on any atom is -0.450 e. The van der Waals surface area contributed by atoms with Crippen molar-refractivity contribution in [2.24, 2.45) is 0 Å². The van der Waals surface area contributed by atoms with Gasteiger partial charge in [-0.25, -0.2) is 9.59 Å². The van der Waals surface area contributed by atoms with Crippen LogP contribution in [0.1, 0.15) is 12.5 Å². The van der Waals surface area contributed by atoms with E-state index in [1.807, 2.05) is 12.1 Å². The number of carbonyl (C=O) groups excluding carboxylic acids is 2. The molecule has 0 aliphatic heterocycles. The average Bonchev–Trinajstić information content (AvgIpc) is 2.56. The van der Waals surface area contributed by atoms with E-state index in [1.54, 1.807) is 43.6 Å². The van der Waals surface area contributed by atoms with Crippen molar-refractivity contribution >= 4 is 23.5 Å². The monoisotopic (exact) mass is 314 g/mol. The van der Waals surface area contributed by atoms with Crippen molar-refractivity contribution in [3.63, 3.8) is 0 Å². The maximum atomic E-state index is 11.8. The van der Waals surface area contributed by atoms with Crippen LogP contribution < -0.4 is 16.0 Å². The van der Waals surface area contributed by atoms with Crippen molar-refractivity contribution in [2.45, 2.75) is 13.5 Å². The van der Waals surface area contributed by atoms with Crippen molar-refractivity contribution in [1.29, 1.82) is 0 Å². The number of amides is 3. The summed E-state index contributed by atoms with van der Waals surface area (Å²) in [5, 5.41) is 8.01. The summed E-state index contributed by atoms with van der Waals surface area (Å²) in [6.45, 7) is 2.43. The summed E-state index contributed by atoms with van der Waals surface area (Å²) < 4.78 is 4.78. The Morgan fingerprint density at radius 2 is 1.78 bits per heavy atom. The lowest BCUT2D eigenvalue weighted by atomic mass is 10.3. The molecule has 0 bridgehead atoms. The predicted octanol–water partition coefficient (Wildman–Crippen LogP) is 2.97. The molecule has 120 valence electrons. The number of pyridine rings is 1. The average molecular weight is 314 g/mol. The van der Waals surface area contributed by atoms with E-state index in [2.05, 4.69) is 20.9 Å². The Balaban J connectivity index is 1.80. The summed E-state index contributed by atoms with van der Waals surface area (Å²) in [5.41, 5.74) is 2.12. The van der Waals surface area contributed by atoms with Crippen molar-refractivity contribution in [1.82, 2.24) is 10.3 Å². The van der Waals surface area contributed by atoms with Gasteiger partial charge in [0.1, 0.15) is 0 Å². The topological polar surface area (TPSA) is 92.4 Å². The molecule has 0 atom stereocenters. The summed E-state index contributed by atoms with van der Waals surface area (Å²) in [6, 6.07) is 10.1. The molecule has 0 fully saturated rings. The molecule has 1 aromatic carbocycles. The molecule has 7 nitrogen and oxygen atoms in total. The van der Waals surface area contributed by atoms with Gasteiger partial charge in [0, 0.05) is 30.3 Å².